The predicted molar refractivity (Wildman–Crippen MR) is 128 cm³/mol. The van der Waals surface area contributed by atoms with Gasteiger partial charge in [0.2, 0.25) is 0 Å². The third kappa shape index (κ3) is 4.28. The summed E-state index contributed by atoms with van der Waals surface area (Å²) in [5, 5.41) is 9.89. The van der Waals surface area contributed by atoms with Gasteiger partial charge >= 0.3 is 6.03 Å². The van der Waals surface area contributed by atoms with Crippen molar-refractivity contribution in [3.63, 3.8) is 0 Å². The third-order valence-electron chi connectivity index (χ3n) is 6.33. The molecule has 3 aliphatic rings. The van der Waals surface area contributed by atoms with Crippen LogP contribution in [0.1, 0.15) is 22.5 Å². The van der Waals surface area contributed by atoms with Gasteiger partial charge in [0.15, 0.2) is 0 Å². The Kier molecular flexibility index (Phi) is 5.71. The molecule has 0 unspecified atom stereocenters. The zero-order valence-corrected chi connectivity index (χ0v) is 18.7. The van der Waals surface area contributed by atoms with Crippen LogP contribution in [0.4, 0.5) is 16.2 Å². The molecule has 1 atom stereocenters. The molecule has 3 N–H and O–H groups in total. The molecule has 0 aliphatic carbocycles. The van der Waals surface area contributed by atoms with Crippen molar-refractivity contribution in [2.24, 2.45) is 5.92 Å². The maximum atomic E-state index is 12.9. The van der Waals surface area contributed by atoms with E-state index in [0.29, 0.717) is 27.9 Å². The molecular weight excluding hydrogens is 424 g/mol. The van der Waals surface area contributed by atoms with Crippen molar-refractivity contribution in [1.29, 1.82) is 0 Å². The van der Waals surface area contributed by atoms with Crippen LogP contribution in [0, 0.1) is 5.92 Å². The number of amides is 3. The molecule has 1 aromatic heterocycles. The number of hydrogen-bond donors (Lipinski definition) is 3. The van der Waals surface area contributed by atoms with Crippen LogP contribution < -0.4 is 20.7 Å². The average molecular weight is 451 g/mol. The van der Waals surface area contributed by atoms with Crippen LogP contribution >= 0.6 is 11.3 Å². The van der Waals surface area contributed by atoms with Gasteiger partial charge in [-0.3, -0.25) is 4.79 Å². The van der Waals surface area contributed by atoms with Crippen molar-refractivity contribution in [1.82, 2.24) is 10.2 Å². The van der Waals surface area contributed by atoms with Crippen molar-refractivity contribution in [2.45, 2.75) is 18.9 Å². The summed E-state index contributed by atoms with van der Waals surface area (Å²) in [6.45, 7) is 3.26. The lowest BCUT2D eigenvalue weighted by atomic mass is 9.84. The van der Waals surface area contributed by atoms with E-state index in [4.69, 9.17) is 4.74 Å². The maximum Gasteiger partial charge on any atom is 0.323 e. The van der Waals surface area contributed by atoms with E-state index in [1.807, 2.05) is 36.4 Å². The van der Waals surface area contributed by atoms with E-state index in [9.17, 15) is 9.59 Å². The summed E-state index contributed by atoms with van der Waals surface area (Å²) < 4.78 is 6.23. The molecule has 166 valence electrons. The van der Waals surface area contributed by atoms with Crippen LogP contribution in [-0.4, -0.2) is 49.6 Å². The molecule has 3 saturated heterocycles. The number of nitrogens with one attached hydrogen (secondary N) is 3. The molecule has 0 saturated carbocycles. The fraction of sp³-hybridized carbons (Fsp3) is 0.333. The van der Waals surface area contributed by atoms with E-state index in [0.717, 1.165) is 29.7 Å². The number of urea groups is 1. The Morgan fingerprint density at radius 3 is 2.62 bits per heavy atom. The average Bonchev–Trinajstić information content (AvgIpc) is 3.24. The van der Waals surface area contributed by atoms with Gasteiger partial charge < -0.3 is 25.6 Å². The normalized spacial score (nSPS) is 21.8. The van der Waals surface area contributed by atoms with Gasteiger partial charge in [0.05, 0.1) is 17.7 Å². The highest BCUT2D eigenvalue weighted by molar-refractivity contribution is 7.20. The molecule has 3 aromatic rings. The standard InChI is InChI=1S/C24H26N4O3S/c1-31-20-5-3-2-4-18(20)27-24(30)25-17-7-6-16-12-22(32-21(16)13-17)23(29)26-19-14-28-10-8-15(19)9-11-28/h2-7,12-13,15,19H,8-11,14H2,1H3,(H,26,29)(H2,25,27,30)/t19-/m0/s1. The van der Waals surface area contributed by atoms with Gasteiger partial charge in [0, 0.05) is 23.0 Å². The van der Waals surface area contributed by atoms with E-state index >= 15 is 0 Å². The maximum absolute atomic E-state index is 12.9. The Bertz CT molecular complexity index is 1150. The lowest BCUT2D eigenvalue weighted by Gasteiger charge is -2.44. The van der Waals surface area contributed by atoms with Gasteiger partial charge in [-0.25, -0.2) is 4.79 Å². The smallest absolute Gasteiger partial charge is 0.323 e. The summed E-state index contributed by atoms with van der Waals surface area (Å²) in [6.07, 6.45) is 2.34. The molecule has 4 heterocycles. The van der Waals surface area contributed by atoms with Crippen LogP contribution in [0.15, 0.2) is 48.5 Å². The number of ether oxygens (including phenoxy) is 1. The number of carbonyl (C=O) groups is 2. The van der Waals surface area contributed by atoms with Gasteiger partial charge in [-0.05, 0) is 67.6 Å². The van der Waals surface area contributed by atoms with Gasteiger partial charge in [-0.15, -0.1) is 11.3 Å². The minimum atomic E-state index is -0.356. The van der Waals surface area contributed by atoms with Gasteiger partial charge in [-0.1, -0.05) is 18.2 Å². The van der Waals surface area contributed by atoms with Crippen molar-refractivity contribution in [3.05, 3.63) is 53.4 Å². The summed E-state index contributed by atoms with van der Waals surface area (Å²) in [4.78, 5) is 28.5. The number of carbonyl (C=O) groups excluding carboxylic acids is 2. The number of piperidine rings is 3. The zero-order chi connectivity index (χ0) is 22.1. The molecule has 7 nitrogen and oxygen atoms in total. The topological polar surface area (TPSA) is 82.7 Å². The van der Waals surface area contributed by atoms with Crippen molar-refractivity contribution in [2.75, 3.05) is 37.4 Å². The van der Waals surface area contributed by atoms with E-state index in [-0.39, 0.29) is 18.0 Å². The lowest BCUT2D eigenvalue weighted by molar-refractivity contribution is 0.0622. The summed E-state index contributed by atoms with van der Waals surface area (Å²) in [5.41, 5.74) is 1.26. The fourth-order valence-corrected chi connectivity index (χ4v) is 5.63. The minimum Gasteiger partial charge on any atom is -0.495 e. The first-order chi connectivity index (χ1) is 15.6. The third-order valence-corrected chi connectivity index (χ3v) is 7.43. The number of thiophene rings is 1. The highest BCUT2D eigenvalue weighted by Crippen LogP contribution is 2.31. The van der Waals surface area contributed by atoms with Crippen LogP contribution in [0.5, 0.6) is 5.75 Å². The quantitative estimate of drug-likeness (QED) is 0.539. The van der Waals surface area contributed by atoms with Crippen LogP contribution in [0.3, 0.4) is 0 Å². The number of methoxy groups -OCH3 is 1. The Labute approximate surface area is 190 Å². The second-order valence-corrected chi connectivity index (χ2v) is 9.44. The molecule has 3 amide bonds. The van der Waals surface area contributed by atoms with Crippen LogP contribution in [-0.2, 0) is 0 Å². The Morgan fingerprint density at radius 1 is 1.06 bits per heavy atom. The molecular formula is C24H26N4O3S. The van der Waals surface area contributed by atoms with Gasteiger partial charge in [0.1, 0.15) is 5.75 Å². The molecule has 8 heteroatoms. The first-order valence-corrected chi connectivity index (χ1v) is 11.7. The zero-order valence-electron chi connectivity index (χ0n) is 17.9. The molecule has 3 aliphatic heterocycles. The SMILES string of the molecule is COc1ccccc1NC(=O)Nc1ccc2cc(C(=O)N[C@H]3CN4CCC3CC4)sc2c1. The molecule has 0 radical (unpaired) electrons. The summed E-state index contributed by atoms with van der Waals surface area (Å²) >= 11 is 1.45. The Balaban J connectivity index is 1.25. The number of fused-ring (bicyclic) bond motifs is 4. The molecule has 3 fully saturated rings. The molecule has 0 spiro atoms. The van der Waals surface area contributed by atoms with E-state index in [1.165, 1.54) is 24.2 Å². The molecule has 32 heavy (non-hydrogen) atoms. The lowest BCUT2D eigenvalue weighted by Crippen LogP contribution is -2.57. The summed E-state index contributed by atoms with van der Waals surface area (Å²) in [6, 6.07) is 14.7. The predicted octanol–water partition coefficient (Wildman–Crippen LogP) is 4.38. The molecule has 6 rings (SSSR count). The monoisotopic (exact) mass is 450 g/mol. The van der Waals surface area contributed by atoms with Crippen molar-refractivity contribution >= 4 is 44.7 Å². The van der Waals surface area contributed by atoms with Crippen LogP contribution in [0.25, 0.3) is 10.1 Å². The largest absolute Gasteiger partial charge is 0.495 e. The number of anilines is 2. The highest BCUT2D eigenvalue weighted by Gasteiger charge is 2.35. The van der Waals surface area contributed by atoms with Gasteiger partial charge in [-0.2, -0.15) is 0 Å². The first-order valence-electron chi connectivity index (χ1n) is 10.9. The summed E-state index contributed by atoms with van der Waals surface area (Å²) in [7, 11) is 1.56. The number of para-hydroxylation sites is 2. The minimum absolute atomic E-state index is 0.00613. The van der Waals surface area contributed by atoms with Crippen LogP contribution in [0.2, 0.25) is 0 Å². The molecule has 2 bridgehead atoms. The number of rotatable bonds is 5. The van der Waals surface area contributed by atoms with Crippen molar-refractivity contribution < 1.29 is 14.3 Å². The second kappa shape index (κ2) is 8.80. The number of hydrogen-bond acceptors (Lipinski definition) is 5. The second-order valence-electron chi connectivity index (χ2n) is 8.36. The number of benzene rings is 2. The van der Waals surface area contributed by atoms with E-state index in [1.54, 1.807) is 19.2 Å². The fourth-order valence-electron chi connectivity index (χ4n) is 4.62. The highest BCUT2D eigenvalue weighted by atomic mass is 32.1. The number of nitrogens with zero attached hydrogens (tertiary/aromatic N) is 1. The first kappa shape index (κ1) is 20.8. The van der Waals surface area contributed by atoms with Crippen molar-refractivity contribution in [3.8, 4) is 5.75 Å². The molecule has 2 aromatic carbocycles. The van der Waals surface area contributed by atoms with Gasteiger partial charge in [0.25, 0.3) is 5.91 Å². The Morgan fingerprint density at radius 2 is 1.88 bits per heavy atom. The Hall–Kier alpha value is -3.10. The van der Waals surface area contributed by atoms with E-state index in [2.05, 4.69) is 20.9 Å². The van der Waals surface area contributed by atoms with E-state index < -0.39 is 0 Å². The summed E-state index contributed by atoms with van der Waals surface area (Å²) in [5.74, 6) is 1.18.